The molecule has 136 valence electrons. The first kappa shape index (κ1) is 17.8. The lowest BCUT2D eigenvalue weighted by Gasteiger charge is -2.42. The summed E-state index contributed by atoms with van der Waals surface area (Å²) in [4.78, 5) is 32.6. The summed E-state index contributed by atoms with van der Waals surface area (Å²) >= 11 is 0. The minimum atomic E-state index is -1.02. The number of aryl methyl sites for hydroxylation is 1. The fourth-order valence-corrected chi connectivity index (χ4v) is 3.27. The Morgan fingerprint density at radius 3 is 2.42 bits per heavy atom. The number of aromatic nitrogens is 2. The number of hydrogen-bond acceptors (Lipinski definition) is 4. The molecule has 8 nitrogen and oxygen atoms in total. The van der Waals surface area contributed by atoms with Gasteiger partial charge in [-0.25, -0.2) is 14.6 Å². The molecule has 1 aliphatic rings. The predicted octanol–water partition coefficient (Wildman–Crippen LogP) is 1.98. The summed E-state index contributed by atoms with van der Waals surface area (Å²) in [6.07, 6.45) is 2.17. The van der Waals surface area contributed by atoms with Crippen LogP contribution in [0, 0.1) is 6.92 Å². The second-order valence-corrected chi connectivity index (χ2v) is 6.50. The smallest absolute Gasteiger partial charge is 0.407 e. The Kier molecular flexibility index (Phi) is 4.85. The van der Waals surface area contributed by atoms with Gasteiger partial charge in [-0.15, -0.1) is 0 Å². The lowest BCUT2D eigenvalue weighted by Crippen LogP contribution is -2.61. The lowest BCUT2D eigenvalue weighted by atomic mass is 10.1. The Labute approximate surface area is 150 Å². The molecule has 0 atom stereocenters. The average molecular weight is 357 g/mol. The van der Waals surface area contributed by atoms with E-state index < -0.39 is 12.1 Å². The summed E-state index contributed by atoms with van der Waals surface area (Å²) in [6.45, 7) is 4.48. The van der Waals surface area contributed by atoms with Crippen molar-refractivity contribution in [3.8, 4) is 0 Å². The number of amides is 1. The first-order valence-corrected chi connectivity index (χ1v) is 8.36. The molecule has 0 radical (unpaired) electrons. The molecule has 3 heterocycles. The van der Waals surface area contributed by atoms with Crippen molar-refractivity contribution in [3.63, 3.8) is 0 Å². The summed E-state index contributed by atoms with van der Waals surface area (Å²) in [5, 5.41) is 18.3. The lowest BCUT2D eigenvalue weighted by molar-refractivity contribution is 0.0695. The van der Waals surface area contributed by atoms with Crippen LogP contribution in [0.5, 0.6) is 0 Å². The number of piperazine rings is 1. The normalized spacial score (nSPS) is 16.3. The van der Waals surface area contributed by atoms with Crippen molar-refractivity contribution in [3.05, 3.63) is 53.5 Å². The number of pyridine rings is 2. The minimum Gasteiger partial charge on any atom is -0.478 e. The zero-order valence-corrected chi connectivity index (χ0v) is 14.5. The second kappa shape index (κ2) is 7.09. The highest BCUT2D eigenvalue weighted by atomic mass is 16.4. The molecule has 8 heteroatoms. The van der Waals surface area contributed by atoms with Crippen molar-refractivity contribution < 1.29 is 19.8 Å². The van der Waals surface area contributed by atoms with Crippen LogP contribution in [0.2, 0.25) is 0 Å². The van der Waals surface area contributed by atoms with E-state index in [2.05, 4.69) is 9.97 Å². The van der Waals surface area contributed by atoms with Gasteiger partial charge in [0.2, 0.25) is 5.82 Å². The number of aromatic carboxylic acids is 1. The van der Waals surface area contributed by atoms with Gasteiger partial charge in [0.25, 0.3) is 0 Å². The van der Waals surface area contributed by atoms with Crippen LogP contribution in [0.15, 0.2) is 36.7 Å². The summed E-state index contributed by atoms with van der Waals surface area (Å²) < 4.78 is 0.446. The molecule has 0 bridgehead atoms. The van der Waals surface area contributed by atoms with Gasteiger partial charge in [0.1, 0.15) is 19.6 Å². The Morgan fingerprint density at radius 2 is 1.88 bits per heavy atom. The van der Waals surface area contributed by atoms with Gasteiger partial charge in [0, 0.05) is 18.5 Å². The molecular formula is C18H21N4O4+. The fourth-order valence-electron chi connectivity index (χ4n) is 3.27. The molecule has 1 fully saturated rings. The Bertz CT molecular complexity index is 814. The molecule has 0 saturated carbocycles. The van der Waals surface area contributed by atoms with Gasteiger partial charge in [-0.2, -0.15) is 0 Å². The van der Waals surface area contributed by atoms with Gasteiger partial charge >= 0.3 is 12.1 Å². The first-order valence-electron chi connectivity index (χ1n) is 8.36. The van der Waals surface area contributed by atoms with E-state index >= 15 is 0 Å². The van der Waals surface area contributed by atoms with Gasteiger partial charge in [-0.3, -0.25) is 14.4 Å². The molecule has 2 aromatic heterocycles. The van der Waals surface area contributed by atoms with Crippen molar-refractivity contribution in [1.29, 1.82) is 0 Å². The Morgan fingerprint density at radius 1 is 1.15 bits per heavy atom. The number of carboxylic acid groups (broad SMARTS) is 2. The van der Waals surface area contributed by atoms with Crippen LogP contribution in [-0.2, 0) is 6.54 Å². The summed E-state index contributed by atoms with van der Waals surface area (Å²) in [5.74, 6) is -0.294. The molecule has 0 aliphatic carbocycles. The molecular weight excluding hydrogens is 336 g/mol. The maximum atomic E-state index is 11.3. The van der Waals surface area contributed by atoms with Crippen LogP contribution >= 0.6 is 0 Å². The number of carboxylic acids is 1. The van der Waals surface area contributed by atoms with Crippen molar-refractivity contribution in [1.82, 2.24) is 19.4 Å². The van der Waals surface area contributed by atoms with E-state index in [1.54, 1.807) is 18.3 Å². The van der Waals surface area contributed by atoms with Gasteiger partial charge in [0.05, 0.1) is 24.3 Å². The number of quaternary nitrogens is 1. The molecule has 3 rings (SSSR count). The molecule has 1 saturated heterocycles. The fraction of sp³-hybridized carbons (Fsp3) is 0.333. The number of hydrogen-bond donors (Lipinski definition) is 2. The minimum absolute atomic E-state index is 0.130. The molecule has 0 aromatic carbocycles. The van der Waals surface area contributed by atoms with Gasteiger partial charge < -0.3 is 10.2 Å². The van der Waals surface area contributed by atoms with E-state index in [9.17, 15) is 14.7 Å². The highest BCUT2D eigenvalue weighted by Crippen LogP contribution is 2.27. The maximum Gasteiger partial charge on any atom is 0.407 e. The molecule has 26 heavy (non-hydrogen) atoms. The third kappa shape index (κ3) is 3.50. The van der Waals surface area contributed by atoms with E-state index in [0.717, 1.165) is 17.1 Å². The average Bonchev–Trinajstić information content (AvgIpc) is 2.64. The molecule has 1 amide bonds. The van der Waals surface area contributed by atoms with Crippen LogP contribution in [0.3, 0.4) is 0 Å². The molecule has 1 aliphatic heterocycles. The van der Waals surface area contributed by atoms with Crippen LogP contribution in [0.1, 0.15) is 21.6 Å². The van der Waals surface area contributed by atoms with Crippen LogP contribution in [-0.4, -0.2) is 63.3 Å². The number of carbonyl (C=O) groups is 2. The second-order valence-electron chi connectivity index (χ2n) is 6.50. The van der Waals surface area contributed by atoms with Crippen molar-refractivity contribution >= 4 is 17.9 Å². The zero-order valence-electron chi connectivity index (χ0n) is 14.5. The SMILES string of the molecule is Cc1cccnc1C[N+]1(c2ccc(C(=O)O)cn2)CCN(C(=O)O)CC1. The van der Waals surface area contributed by atoms with E-state index in [1.807, 2.05) is 19.1 Å². The van der Waals surface area contributed by atoms with Crippen molar-refractivity contribution in [2.24, 2.45) is 0 Å². The Hall–Kier alpha value is -3.00. The zero-order chi connectivity index (χ0) is 18.7. The highest BCUT2D eigenvalue weighted by molar-refractivity contribution is 5.87. The van der Waals surface area contributed by atoms with Crippen LogP contribution in [0.25, 0.3) is 0 Å². The Balaban J connectivity index is 1.95. The molecule has 2 aromatic rings. The van der Waals surface area contributed by atoms with Crippen molar-refractivity contribution in [2.45, 2.75) is 13.5 Å². The van der Waals surface area contributed by atoms with Crippen LogP contribution < -0.4 is 4.48 Å². The van der Waals surface area contributed by atoms with E-state index in [0.29, 0.717) is 37.2 Å². The van der Waals surface area contributed by atoms with E-state index in [-0.39, 0.29) is 5.56 Å². The third-order valence-corrected chi connectivity index (χ3v) is 4.92. The van der Waals surface area contributed by atoms with E-state index in [1.165, 1.54) is 11.1 Å². The van der Waals surface area contributed by atoms with E-state index in [4.69, 9.17) is 5.11 Å². The third-order valence-electron chi connectivity index (χ3n) is 4.92. The standard InChI is InChI=1S/C18H20N4O4/c1-13-3-2-6-19-15(13)12-22(9-7-21(8-10-22)18(25)26)16-5-4-14(11-20-16)17(23)24/h2-6,11H,7-10,12H2,1H3,(H-,23,24,25,26)/p+1. The topological polar surface area (TPSA) is 104 Å². The summed E-state index contributed by atoms with van der Waals surface area (Å²) in [7, 11) is 0. The largest absolute Gasteiger partial charge is 0.478 e. The summed E-state index contributed by atoms with van der Waals surface area (Å²) in [5.41, 5.74) is 2.12. The van der Waals surface area contributed by atoms with Gasteiger partial charge in [0.15, 0.2) is 0 Å². The molecule has 2 N–H and O–H groups in total. The first-order chi connectivity index (χ1) is 12.4. The van der Waals surface area contributed by atoms with Gasteiger partial charge in [-0.05, 0) is 24.6 Å². The monoisotopic (exact) mass is 357 g/mol. The van der Waals surface area contributed by atoms with Gasteiger partial charge in [-0.1, -0.05) is 6.07 Å². The highest BCUT2D eigenvalue weighted by Gasteiger charge is 2.38. The summed E-state index contributed by atoms with van der Waals surface area (Å²) in [6, 6.07) is 7.14. The molecule has 0 spiro atoms. The molecule has 0 unspecified atom stereocenters. The predicted molar refractivity (Wildman–Crippen MR) is 95.0 cm³/mol. The van der Waals surface area contributed by atoms with Crippen LogP contribution in [0.4, 0.5) is 10.6 Å². The number of rotatable bonds is 4. The quantitative estimate of drug-likeness (QED) is 0.811. The van der Waals surface area contributed by atoms with Crippen molar-refractivity contribution in [2.75, 3.05) is 26.2 Å². The number of nitrogens with zero attached hydrogens (tertiary/aromatic N) is 4. The maximum absolute atomic E-state index is 11.3.